The lowest BCUT2D eigenvalue weighted by molar-refractivity contribution is 0.0938. The van der Waals surface area contributed by atoms with Crippen LogP contribution < -0.4 is 14.8 Å². The number of ether oxygens (including phenoxy) is 2. The third-order valence-corrected chi connectivity index (χ3v) is 4.12. The van der Waals surface area contributed by atoms with Crippen LogP contribution in [0.3, 0.4) is 0 Å². The molecule has 1 N–H and O–H groups in total. The van der Waals surface area contributed by atoms with Crippen molar-refractivity contribution in [2.75, 3.05) is 14.2 Å². The van der Waals surface area contributed by atoms with Gasteiger partial charge in [-0.05, 0) is 53.2 Å². The molecule has 6 heteroatoms. The van der Waals surface area contributed by atoms with Gasteiger partial charge in [-0.25, -0.2) is 4.39 Å². The minimum absolute atomic E-state index is 0.240. The highest BCUT2D eigenvalue weighted by atomic mass is 79.9. The maximum atomic E-state index is 13.3. The zero-order valence-corrected chi connectivity index (χ0v) is 14.6. The fourth-order valence-corrected chi connectivity index (χ4v) is 2.63. The van der Waals surface area contributed by atoms with Crippen LogP contribution in [0.5, 0.6) is 11.5 Å². The number of methoxy groups -OCH3 is 2. The highest BCUT2D eigenvalue weighted by Crippen LogP contribution is 2.29. The van der Waals surface area contributed by atoms with Gasteiger partial charge in [-0.2, -0.15) is 0 Å². The molecule has 23 heavy (non-hydrogen) atoms. The Morgan fingerprint density at radius 3 is 2.57 bits per heavy atom. The van der Waals surface area contributed by atoms with E-state index in [1.54, 1.807) is 26.4 Å². The van der Waals surface area contributed by atoms with E-state index in [-0.39, 0.29) is 17.5 Å². The third-order valence-electron chi connectivity index (χ3n) is 3.43. The summed E-state index contributed by atoms with van der Waals surface area (Å²) >= 11 is 3.26. The largest absolute Gasteiger partial charge is 0.497 e. The molecule has 0 spiro atoms. The van der Waals surface area contributed by atoms with E-state index in [2.05, 4.69) is 21.2 Å². The van der Waals surface area contributed by atoms with Gasteiger partial charge in [0.15, 0.2) is 0 Å². The summed E-state index contributed by atoms with van der Waals surface area (Å²) in [6.45, 7) is 1.83. The molecule has 2 aromatic carbocycles. The minimum Gasteiger partial charge on any atom is -0.497 e. The van der Waals surface area contributed by atoms with E-state index in [0.717, 1.165) is 5.56 Å². The first-order chi connectivity index (χ1) is 11.0. The van der Waals surface area contributed by atoms with Crippen LogP contribution in [0.25, 0.3) is 0 Å². The molecule has 0 aliphatic carbocycles. The molecule has 0 fully saturated rings. The van der Waals surface area contributed by atoms with Crippen molar-refractivity contribution in [2.24, 2.45) is 0 Å². The Hall–Kier alpha value is -2.08. The number of rotatable bonds is 5. The third kappa shape index (κ3) is 4.01. The van der Waals surface area contributed by atoms with E-state index >= 15 is 0 Å². The van der Waals surface area contributed by atoms with Gasteiger partial charge in [-0.15, -0.1) is 0 Å². The summed E-state index contributed by atoms with van der Waals surface area (Å²) < 4.78 is 24.4. The molecule has 4 nitrogen and oxygen atoms in total. The maximum Gasteiger partial charge on any atom is 0.253 e. The number of benzene rings is 2. The van der Waals surface area contributed by atoms with Gasteiger partial charge in [0.2, 0.25) is 0 Å². The predicted molar refractivity (Wildman–Crippen MR) is 89.5 cm³/mol. The number of nitrogens with one attached hydrogen (secondary N) is 1. The maximum absolute atomic E-state index is 13.3. The Balaban J connectivity index is 2.23. The van der Waals surface area contributed by atoms with Gasteiger partial charge in [0.25, 0.3) is 5.91 Å². The SMILES string of the molecule is COc1ccc(C(C)NC(=O)c2cc(F)ccc2Br)c(OC)c1. The quantitative estimate of drug-likeness (QED) is 0.847. The Morgan fingerprint density at radius 2 is 1.91 bits per heavy atom. The number of amides is 1. The summed E-state index contributed by atoms with van der Waals surface area (Å²) in [6.07, 6.45) is 0. The van der Waals surface area contributed by atoms with Crippen LogP contribution in [0.1, 0.15) is 28.9 Å². The molecule has 0 aliphatic rings. The van der Waals surface area contributed by atoms with Gasteiger partial charge in [-0.1, -0.05) is 0 Å². The van der Waals surface area contributed by atoms with Crippen molar-refractivity contribution in [1.82, 2.24) is 5.32 Å². The molecular weight excluding hydrogens is 365 g/mol. The summed E-state index contributed by atoms with van der Waals surface area (Å²) in [5.41, 5.74) is 1.04. The molecule has 1 amide bonds. The fraction of sp³-hybridized carbons (Fsp3) is 0.235. The summed E-state index contributed by atoms with van der Waals surface area (Å²) in [4.78, 5) is 12.4. The minimum atomic E-state index is -0.465. The lowest BCUT2D eigenvalue weighted by Gasteiger charge is -2.18. The summed E-state index contributed by atoms with van der Waals surface area (Å²) in [5, 5.41) is 2.84. The van der Waals surface area contributed by atoms with Crippen molar-refractivity contribution in [3.8, 4) is 11.5 Å². The Bertz CT molecular complexity index is 721. The van der Waals surface area contributed by atoms with E-state index in [1.165, 1.54) is 18.2 Å². The van der Waals surface area contributed by atoms with Gasteiger partial charge in [0.1, 0.15) is 17.3 Å². The molecule has 2 rings (SSSR count). The molecule has 0 saturated carbocycles. The molecule has 1 atom stereocenters. The highest BCUT2D eigenvalue weighted by molar-refractivity contribution is 9.10. The normalized spacial score (nSPS) is 11.7. The summed E-state index contributed by atoms with van der Waals surface area (Å²) in [6, 6.07) is 9.02. The molecule has 1 unspecified atom stereocenters. The van der Waals surface area contributed by atoms with Crippen LogP contribution in [0.15, 0.2) is 40.9 Å². The molecule has 0 radical (unpaired) electrons. The first-order valence-corrected chi connectivity index (χ1v) is 7.73. The monoisotopic (exact) mass is 381 g/mol. The van der Waals surface area contributed by atoms with E-state index in [9.17, 15) is 9.18 Å². The second-order valence-electron chi connectivity index (χ2n) is 4.93. The van der Waals surface area contributed by atoms with Crippen molar-refractivity contribution >= 4 is 21.8 Å². The molecule has 0 aliphatic heterocycles. The molecule has 0 saturated heterocycles. The fourth-order valence-electron chi connectivity index (χ4n) is 2.20. The van der Waals surface area contributed by atoms with Gasteiger partial charge in [0.05, 0.1) is 25.8 Å². The topological polar surface area (TPSA) is 47.6 Å². The van der Waals surface area contributed by atoms with E-state index in [0.29, 0.717) is 16.0 Å². The van der Waals surface area contributed by atoms with E-state index in [1.807, 2.05) is 13.0 Å². The average molecular weight is 382 g/mol. The van der Waals surface area contributed by atoms with Gasteiger partial charge in [-0.3, -0.25) is 4.79 Å². The number of halogens is 2. The molecule has 0 aromatic heterocycles. The number of carbonyl (C=O) groups is 1. The van der Waals surface area contributed by atoms with Crippen LogP contribution in [0.4, 0.5) is 4.39 Å². The van der Waals surface area contributed by atoms with Gasteiger partial charge in [0, 0.05) is 16.1 Å². The van der Waals surface area contributed by atoms with Crippen molar-refractivity contribution < 1.29 is 18.7 Å². The van der Waals surface area contributed by atoms with Gasteiger partial charge >= 0.3 is 0 Å². The zero-order chi connectivity index (χ0) is 17.0. The van der Waals surface area contributed by atoms with Crippen molar-refractivity contribution in [2.45, 2.75) is 13.0 Å². The molecule has 2 aromatic rings. The Kier molecular flexibility index (Phi) is 5.60. The van der Waals surface area contributed by atoms with Crippen LogP contribution >= 0.6 is 15.9 Å². The summed E-state index contributed by atoms with van der Waals surface area (Å²) in [5.74, 6) is 0.433. The highest BCUT2D eigenvalue weighted by Gasteiger charge is 2.18. The first-order valence-electron chi connectivity index (χ1n) is 6.94. The molecule has 122 valence electrons. The molecular formula is C17H17BrFNO3. The van der Waals surface area contributed by atoms with Crippen molar-refractivity contribution in [3.63, 3.8) is 0 Å². The smallest absolute Gasteiger partial charge is 0.253 e. The van der Waals surface area contributed by atoms with Crippen LogP contribution in [-0.2, 0) is 0 Å². The predicted octanol–water partition coefficient (Wildman–Crippen LogP) is 4.10. The standard InChI is InChI=1S/C17H17BrFNO3/c1-10(13-6-5-12(22-2)9-16(13)23-3)20-17(21)14-8-11(19)4-7-15(14)18/h4-10H,1-3H3,(H,20,21). The number of hydrogen-bond acceptors (Lipinski definition) is 3. The number of hydrogen-bond donors (Lipinski definition) is 1. The zero-order valence-electron chi connectivity index (χ0n) is 13.0. The number of carbonyl (C=O) groups excluding carboxylic acids is 1. The Labute approximate surface area is 142 Å². The lowest BCUT2D eigenvalue weighted by atomic mass is 10.1. The van der Waals surface area contributed by atoms with E-state index in [4.69, 9.17) is 9.47 Å². The van der Waals surface area contributed by atoms with Crippen LogP contribution in [0.2, 0.25) is 0 Å². The van der Waals surface area contributed by atoms with Gasteiger partial charge < -0.3 is 14.8 Å². The molecule has 0 heterocycles. The molecule has 0 bridgehead atoms. The first kappa shape index (κ1) is 17.3. The Morgan fingerprint density at radius 1 is 1.17 bits per heavy atom. The van der Waals surface area contributed by atoms with E-state index < -0.39 is 5.82 Å². The van der Waals surface area contributed by atoms with Crippen molar-refractivity contribution in [3.05, 3.63) is 57.8 Å². The second kappa shape index (κ2) is 7.46. The van der Waals surface area contributed by atoms with Crippen LogP contribution in [-0.4, -0.2) is 20.1 Å². The van der Waals surface area contributed by atoms with Crippen molar-refractivity contribution in [1.29, 1.82) is 0 Å². The lowest BCUT2D eigenvalue weighted by Crippen LogP contribution is -2.27. The van der Waals surface area contributed by atoms with Crippen LogP contribution in [0, 0.1) is 5.82 Å². The summed E-state index contributed by atoms with van der Waals surface area (Å²) in [7, 11) is 3.12. The second-order valence-corrected chi connectivity index (χ2v) is 5.78. The average Bonchev–Trinajstić information content (AvgIpc) is 2.56.